The highest BCUT2D eigenvalue weighted by molar-refractivity contribution is 5.78. The number of ether oxygens (including phenoxy) is 1. The Kier molecular flexibility index (Phi) is 5.51. The summed E-state index contributed by atoms with van der Waals surface area (Å²) in [7, 11) is 0. The third kappa shape index (κ3) is 3.11. The number of halogens is 1. The summed E-state index contributed by atoms with van der Waals surface area (Å²) < 4.78 is 7.70. The minimum absolute atomic E-state index is 0. The molecule has 2 nitrogen and oxygen atoms in total. The van der Waals surface area contributed by atoms with E-state index < -0.39 is 0 Å². The smallest absolute Gasteiger partial charge is 0.166 e. The molecule has 0 spiro atoms. The van der Waals surface area contributed by atoms with E-state index in [1.165, 1.54) is 5.71 Å². The van der Waals surface area contributed by atoms with Gasteiger partial charge in [0.05, 0.1) is 0 Å². The molecule has 1 fully saturated rings. The lowest BCUT2D eigenvalue weighted by atomic mass is 10.1. The van der Waals surface area contributed by atoms with E-state index in [0.717, 1.165) is 26.3 Å². The van der Waals surface area contributed by atoms with E-state index in [0.29, 0.717) is 5.92 Å². The topological polar surface area (TPSA) is 12.2 Å². The Morgan fingerprint density at radius 1 is 1.25 bits per heavy atom. The molecule has 1 aliphatic rings. The van der Waals surface area contributed by atoms with Gasteiger partial charge in [0.1, 0.15) is 13.2 Å². The van der Waals surface area contributed by atoms with Crippen molar-refractivity contribution in [1.29, 1.82) is 0 Å². The molecular weight excluding hydrogens is 174 g/mol. The maximum Gasteiger partial charge on any atom is 0.166 e. The van der Waals surface area contributed by atoms with Crippen molar-refractivity contribution >= 4 is 5.71 Å². The molecule has 0 aromatic heterocycles. The molecule has 0 saturated carbocycles. The first-order chi connectivity index (χ1) is 5.22. The van der Waals surface area contributed by atoms with Crippen LogP contribution < -0.4 is 12.4 Å². The summed E-state index contributed by atoms with van der Waals surface area (Å²) in [4.78, 5) is 0. The zero-order valence-electron chi connectivity index (χ0n) is 8.14. The van der Waals surface area contributed by atoms with E-state index in [1.54, 1.807) is 0 Å². The van der Waals surface area contributed by atoms with E-state index in [4.69, 9.17) is 4.74 Å². The van der Waals surface area contributed by atoms with E-state index >= 15 is 0 Å². The van der Waals surface area contributed by atoms with Gasteiger partial charge in [-0.15, -0.1) is 0 Å². The molecule has 0 N–H and O–H groups in total. The van der Waals surface area contributed by atoms with Crippen molar-refractivity contribution in [1.82, 2.24) is 0 Å². The molecule has 72 valence electrons. The quantitative estimate of drug-likeness (QED) is 0.444. The molecular formula is C9H18ClNO. The van der Waals surface area contributed by atoms with Gasteiger partial charge < -0.3 is 17.1 Å². The van der Waals surface area contributed by atoms with Crippen LogP contribution in [0.1, 0.15) is 20.8 Å². The fourth-order valence-corrected chi connectivity index (χ4v) is 1.28. The maximum atomic E-state index is 5.27. The molecule has 12 heavy (non-hydrogen) atoms. The van der Waals surface area contributed by atoms with Crippen LogP contribution in [0, 0.1) is 5.92 Å². The molecule has 0 radical (unpaired) electrons. The lowest BCUT2D eigenvalue weighted by Gasteiger charge is -2.14. The Balaban J connectivity index is 0.00000121. The van der Waals surface area contributed by atoms with Crippen LogP contribution in [0.4, 0.5) is 0 Å². The zero-order valence-corrected chi connectivity index (χ0v) is 8.90. The molecule has 0 unspecified atom stereocenters. The number of nitrogens with zero attached hydrogens (tertiary/aromatic N) is 1. The van der Waals surface area contributed by atoms with Gasteiger partial charge in [-0.2, -0.15) is 0 Å². The van der Waals surface area contributed by atoms with E-state index in [1.807, 2.05) is 0 Å². The second kappa shape index (κ2) is 5.55. The lowest BCUT2D eigenvalue weighted by molar-refractivity contribution is -0.551. The van der Waals surface area contributed by atoms with E-state index in [-0.39, 0.29) is 12.4 Å². The average molecular weight is 192 g/mol. The number of hydrogen-bond acceptors (Lipinski definition) is 1. The summed E-state index contributed by atoms with van der Waals surface area (Å²) in [6, 6.07) is 0. The maximum absolute atomic E-state index is 5.27. The van der Waals surface area contributed by atoms with Crippen molar-refractivity contribution in [2.45, 2.75) is 20.8 Å². The van der Waals surface area contributed by atoms with Gasteiger partial charge in [-0.1, -0.05) is 13.8 Å². The van der Waals surface area contributed by atoms with Crippen LogP contribution in [0.3, 0.4) is 0 Å². The first-order valence-corrected chi connectivity index (χ1v) is 4.38. The molecule has 1 rings (SSSR count). The summed E-state index contributed by atoms with van der Waals surface area (Å²) in [6.45, 7) is 10.6. The third-order valence-electron chi connectivity index (χ3n) is 2.35. The molecule has 0 bridgehead atoms. The second-order valence-electron chi connectivity index (χ2n) is 3.40. The van der Waals surface area contributed by atoms with Crippen LogP contribution in [0.15, 0.2) is 0 Å². The Morgan fingerprint density at radius 2 is 1.75 bits per heavy atom. The molecule has 0 amide bonds. The summed E-state index contributed by atoms with van der Waals surface area (Å²) in [5, 5.41) is 0. The Hall–Kier alpha value is -0.0800. The van der Waals surface area contributed by atoms with Crippen LogP contribution in [0.25, 0.3) is 0 Å². The highest BCUT2D eigenvalue weighted by Gasteiger charge is 2.16. The standard InChI is InChI=1S/C9H18NO.ClH/c1-8(2)9(3)10-4-6-11-7-5-10;/h8H,4-7H2,1-3H3;1H/q+1;/p-1. The van der Waals surface area contributed by atoms with Crippen molar-refractivity contribution in [2.75, 3.05) is 26.3 Å². The minimum atomic E-state index is 0. The normalized spacial score (nSPS) is 17.5. The SMILES string of the molecule is CC(C(C)C)=[N+]1CCOCC1.[Cl-]. The van der Waals surface area contributed by atoms with Gasteiger partial charge >= 0.3 is 0 Å². The van der Waals surface area contributed by atoms with Crippen LogP contribution in [0.2, 0.25) is 0 Å². The molecule has 1 heterocycles. The number of rotatable bonds is 1. The summed E-state index contributed by atoms with van der Waals surface area (Å²) in [6.07, 6.45) is 0. The van der Waals surface area contributed by atoms with Crippen molar-refractivity contribution in [3.05, 3.63) is 0 Å². The van der Waals surface area contributed by atoms with Crippen LogP contribution in [0.5, 0.6) is 0 Å². The highest BCUT2D eigenvalue weighted by atomic mass is 35.5. The molecule has 0 aliphatic carbocycles. The first-order valence-electron chi connectivity index (χ1n) is 4.38. The van der Waals surface area contributed by atoms with Crippen molar-refractivity contribution in [3.63, 3.8) is 0 Å². The van der Waals surface area contributed by atoms with Gasteiger partial charge in [0.25, 0.3) is 0 Å². The van der Waals surface area contributed by atoms with Crippen LogP contribution >= 0.6 is 0 Å². The molecule has 1 saturated heterocycles. The van der Waals surface area contributed by atoms with Gasteiger partial charge in [-0.25, -0.2) is 4.58 Å². The van der Waals surface area contributed by atoms with Crippen LogP contribution in [-0.4, -0.2) is 36.6 Å². The Bertz CT molecular complexity index is 158. The predicted molar refractivity (Wildman–Crippen MR) is 46.3 cm³/mol. The fourth-order valence-electron chi connectivity index (χ4n) is 1.28. The molecule has 0 atom stereocenters. The highest BCUT2D eigenvalue weighted by Crippen LogP contribution is 1.99. The lowest BCUT2D eigenvalue weighted by Crippen LogP contribution is -3.00. The van der Waals surface area contributed by atoms with Crippen LogP contribution in [-0.2, 0) is 4.74 Å². The molecule has 0 aromatic rings. The van der Waals surface area contributed by atoms with Gasteiger partial charge in [0, 0.05) is 12.8 Å². The molecule has 1 aliphatic heterocycles. The monoisotopic (exact) mass is 191 g/mol. The van der Waals surface area contributed by atoms with Crippen molar-refractivity contribution in [2.24, 2.45) is 5.92 Å². The van der Waals surface area contributed by atoms with Gasteiger partial charge in [-0.3, -0.25) is 0 Å². The Morgan fingerprint density at radius 3 is 2.17 bits per heavy atom. The summed E-state index contributed by atoms with van der Waals surface area (Å²) in [5.41, 5.74) is 1.49. The second-order valence-corrected chi connectivity index (χ2v) is 3.40. The van der Waals surface area contributed by atoms with Gasteiger partial charge in [0.15, 0.2) is 18.8 Å². The predicted octanol–water partition coefficient (Wildman–Crippen LogP) is -1.85. The molecule has 3 heteroatoms. The molecule has 0 aromatic carbocycles. The van der Waals surface area contributed by atoms with Crippen molar-refractivity contribution < 1.29 is 21.7 Å². The van der Waals surface area contributed by atoms with Gasteiger partial charge in [-0.05, 0) is 0 Å². The van der Waals surface area contributed by atoms with E-state index in [9.17, 15) is 0 Å². The Labute approximate surface area is 81.0 Å². The summed E-state index contributed by atoms with van der Waals surface area (Å²) >= 11 is 0. The average Bonchev–Trinajstić information content (AvgIpc) is 2.05. The first kappa shape index (κ1) is 11.9. The largest absolute Gasteiger partial charge is 1.00 e. The number of morpholine rings is 1. The van der Waals surface area contributed by atoms with Gasteiger partial charge in [0.2, 0.25) is 0 Å². The zero-order chi connectivity index (χ0) is 8.27. The minimum Gasteiger partial charge on any atom is -1.00 e. The van der Waals surface area contributed by atoms with Crippen molar-refractivity contribution in [3.8, 4) is 0 Å². The fraction of sp³-hybridized carbons (Fsp3) is 0.889. The summed E-state index contributed by atoms with van der Waals surface area (Å²) in [5.74, 6) is 0.674. The third-order valence-corrected chi connectivity index (χ3v) is 2.35. The van der Waals surface area contributed by atoms with E-state index in [2.05, 4.69) is 25.3 Å². The number of hydrogen-bond donors (Lipinski definition) is 0.